The molecule has 15 heteroatoms. The van der Waals surface area contributed by atoms with Crippen molar-refractivity contribution in [1.82, 2.24) is 15.1 Å². The Morgan fingerprint density at radius 1 is 0.725 bits per heavy atom. The average Bonchev–Trinajstić information content (AvgIpc) is 3.58. The molecule has 0 fully saturated rings. The number of nitrogens with two attached hydrogens (primary N) is 3. The first-order chi connectivity index (χ1) is 24.4. The number of carbonyl (C=O) groups excluding carboxylic acids is 3. The van der Waals surface area contributed by atoms with Gasteiger partial charge in [-0.2, -0.15) is 0 Å². The van der Waals surface area contributed by atoms with Gasteiger partial charge in [0.2, 0.25) is 11.8 Å². The lowest BCUT2D eigenvalue weighted by Gasteiger charge is -2.22. The number of rotatable bonds is 13. The summed E-state index contributed by atoms with van der Waals surface area (Å²) in [4.78, 5) is 63.4. The number of nitrogens with zero attached hydrogens (tertiary/aromatic N) is 4. The molecule has 0 spiro atoms. The molecule has 2 aromatic rings. The van der Waals surface area contributed by atoms with Crippen molar-refractivity contribution in [2.24, 2.45) is 27.2 Å². The molecule has 8 N–H and O–H groups in total. The molecule has 4 heterocycles. The summed E-state index contributed by atoms with van der Waals surface area (Å²) >= 11 is 2.45. The minimum Gasteiger partial charge on any atom is -0.477 e. The lowest BCUT2D eigenvalue weighted by atomic mass is 10.1. The van der Waals surface area contributed by atoms with Gasteiger partial charge in [-0.3, -0.25) is 14.4 Å². The molecule has 0 atom stereocenters. The van der Waals surface area contributed by atoms with Crippen molar-refractivity contribution in [3.05, 3.63) is 42.8 Å². The van der Waals surface area contributed by atoms with Gasteiger partial charge in [-0.05, 0) is 63.4 Å². The summed E-state index contributed by atoms with van der Waals surface area (Å²) in [6.07, 6.45) is 7.78. The number of nitrogens with one attached hydrogen (secondary N) is 1. The maximum Gasteiger partial charge on any atom is 0.345 e. The van der Waals surface area contributed by atoms with E-state index in [0.29, 0.717) is 70.0 Å². The number of fused-ring (bicyclic) bond motifs is 2. The number of hydrogen-bond donors (Lipinski definition) is 5. The van der Waals surface area contributed by atoms with Crippen molar-refractivity contribution in [2.45, 2.75) is 80.1 Å². The van der Waals surface area contributed by atoms with Crippen molar-refractivity contribution in [3.63, 3.8) is 0 Å². The van der Waals surface area contributed by atoms with Gasteiger partial charge in [0.25, 0.3) is 5.91 Å². The number of aromatic carboxylic acids is 1. The van der Waals surface area contributed by atoms with E-state index in [-0.39, 0.29) is 29.0 Å². The number of hydrogen-bond acceptors (Lipinski definition) is 11. The predicted octanol–water partition coefficient (Wildman–Crippen LogP) is 5.76. The third-order valence-electron chi connectivity index (χ3n) is 7.23. The van der Waals surface area contributed by atoms with E-state index in [1.54, 1.807) is 12.1 Å². The zero-order chi connectivity index (χ0) is 38.1. The molecule has 0 saturated carbocycles. The molecule has 0 aliphatic carbocycles. The first-order valence-electron chi connectivity index (χ1n) is 17.5. The molecular formula is C36H54N8O5S2. The summed E-state index contributed by atoms with van der Waals surface area (Å²) in [7, 11) is 0. The van der Waals surface area contributed by atoms with Gasteiger partial charge in [-0.25, -0.2) is 14.8 Å². The van der Waals surface area contributed by atoms with Crippen molar-refractivity contribution >= 4 is 81.6 Å². The SMILES string of the molecule is CCCN(CCC)C(=O)C1=Cc2sc(C(=O)NCC)cc2N=C(N)C1.CCCN(CCC)C(=O)C1=Cc2sc(C(=O)O)cc2N=C(N)C1.CCN. The normalized spacial score (nSPS) is 13.1. The number of aliphatic imine (C=N–C) groups is 2. The molecule has 4 rings (SSSR count). The van der Waals surface area contributed by atoms with Crippen molar-refractivity contribution < 1.29 is 24.3 Å². The Balaban J connectivity index is 0.000000329. The van der Waals surface area contributed by atoms with E-state index < -0.39 is 5.97 Å². The number of amides is 3. The van der Waals surface area contributed by atoms with E-state index in [9.17, 15) is 19.2 Å². The molecule has 0 saturated heterocycles. The highest BCUT2D eigenvalue weighted by Gasteiger charge is 2.24. The number of carboxylic acids is 1. The largest absolute Gasteiger partial charge is 0.477 e. The van der Waals surface area contributed by atoms with Gasteiger partial charge in [0, 0.05) is 56.7 Å². The topological polar surface area (TPSA) is 210 Å². The van der Waals surface area contributed by atoms with E-state index in [0.717, 1.165) is 61.5 Å². The summed E-state index contributed by atoms with van der Waals surface area (Å²) in [5.41, 5.74) is 19.1. The predicted molar refractivity (Wildman–Crippen MR) is 210 cm³/mol. The van der Waals surface area contributed by atoms with Crippen LogP contribution in [0.4, 0.5) is 11.4 Å². The average molecular weight is 743 g/mol. The van der Waals surface area contributed by atoms with E-state index in [1.165, 1.54) is 17.4 Å². The standard InChI is InChI=1S/C18H26N4O2S.C16H21N3O3S.C2H7N/c1-4-7-22(8-5-2)18(24)12-9-14-13(21-16(19)10-12)11-15(25-14)17(23)20-6-3;1-3-5-19(6-4-2)15(20)10-7-12-11(18-14(17)8-10)9-13(23-12)16(21)22;1-2-3/h9,11H,4-8,10H2,1-3H3,(H2,19,21)(H,20,23);7,9H,3-6,8H2,1-2H3,(H2,17,18)(H,21,22);2-3H2,1H3. The van der Waals surface area contributed by atoms with Gasteiger partial charge in [0.05, 0.1) is 26.0 Å². The Labute approximate surface area is 309 Å². The van der Waals surface area contributed by atoms with Crippen molar-refractivity contribution in [2.75, 3.05) is 39.3 Å². The zero-order valence-corrected chi connectivity index (χ0v) is 32.3. The Bertz CT molecular complexity index is 1630. The van der Waals surface area contributed by atoms with Crippen LogP contribution in [0.15, 0.2) is 33.3 Å². The molecule has 51 heavy (non-hydrogen) atoms. The van der Waals surface area contributed by atoms with Crippen LogP contribution in [0.2, 0.25) is 0 Å². The molecule has 0 unspecified atom stereocenters. The van der Waals surface area contributed by atoms with Crippen LogP contribution in [0.5, 0.6) is 0 Å². The highest BCUT2D eigenvalue weighted by atomic mass is 32.1. The molecule has 0 aromatic carbocycles. The van der Waals surface area contributed by atoms with Gasteiger partial charge in [0.15, 0.2) is 0 Å². The summed E-state index contributed by atoms with van der Waals surface area (Å²) in [6, 6.07) is 3.23. The fourth-order valence-electron chi connectivity index (χ4n) is 5.23. The van der Waals surface area contributed by atoms with Crippen LogP contribution in [-0.4, -0.2) is 89.5 Å². The third kappa shape index (κ3) is 12.7. The Morgan fingerprint density at radius 2 is 1.10 bits per heavy atom. The summed E-state index contributed by atoms with van der Waals surface area (Å²) < 4.78 is 0. The smallest absolute Gasteiger partial charge is 0.345 e. The van der Waals surface area contributed by atoms with E-state index in [2.05, 4.69) is 29.1 Å². The van der Waals surface area contributed by atoms with Crippen molar-refractivity contribution in [1.29, 1.82) is 0 Å². The van der Waals surface area contributed by atoms with Gasteiger partial charge in [-0.15, -0.1) is 22.7 Å². The molecule has 0 bridgehead atoms. The first kappa shape index (κ1) is 42.8. The number of carbonyl (C=O) groups is 4. The van der Waals surface area contributed by atoms with Crippen molar-refractivity contribution in [3.8, 4) is 0 Å². The second-order valence-corrected chi connectivity index (χ2v) is 13.9. The van der Waals surface area contributed by atoms with E-state index >= 15 is 0 Å². The van der Waals surface area contributed by atoms with Crippen LogP contribution in [0.1, 0.15) is 109 Å². The van der Waals surface area contributed by atoms with Crippen LogP contribution in [0.3, 0.4) is 0 Å². The van der Waals surface area contributed by atoms with Gasteiger partial charge >= 0.3 is 5.97 Å². The van der Waals surface area contributed by atoms with Crippen LogP contribution in [0, 0.1) is 0 Å². The summed E-state index contributed by atoms with van der Waals surface area (Å²) in [5.74, 6) is -0.462. The highest BCUT2D eigenvalue weighted by molar-refractivity contribution is 7.15. The zero-order valence-electron chi connectivity index (χ0n) is 30.7. The van der Waals surface area contributed by atoms with Crippen LogP contribution >= 0.6 is 22.7 Å². The maximum atomic E-state index is 12.9. The lowest BCUT2D eigenvalue weighted by Crippen LogP contribution is -2.34. The molecule has 2 aliphatic rings. The summed E-state index contributed by atoms with van der Waals surface area (Å²) in [5, 5.41) is 11.9. The Kier molecular flexibility index (Phi) is 18.3. The third-order valence-corrected chi connectivity index (χ3v) is 9.36. The molecule has 2 aromatic heterocycles. The monoisotopic (exact) mass is 742 g/mol. The molecular weight excluding hydrogens is 689 g/mol. The second-order valence-electron chi connectivity index (χ2n) is 11.8. The van der Waals surface area contributed by atoms with Crippen LogP contribution < -0.4 is 22.5 Å². The second kappa shape index (κ2) is 21.8. The molecule has 13 nitrogen and oxygen atoms in total. The van der Waals surface area contributed by atoms with Gasteiger partial charge in [0.1, 0.15) is 16.5 Å². The quantitative estimate of drug-likeness (QED) is 0.170. The fraction of sp³-hybridized carbons (Fsp3) is 0.500. The molecule has 3 amide bonds. The first-order valence-corrected chi connectivity index (χ1v) is 19.2. The number of thiophene rings is 2. The minimum absolute atomic E-state index is 0.00246. The van der Waals surface area contributed by atoms with Crippen LogP contribution in [0.25, 0.3) is 12.2 Å². The van der Waals surface area contributed by atoms with Gasteiger partial charge < -0.3 is 37.4 Å². The molecule has 0 radical (unpaired) electrons. The van der Waals surface area contributed by atoms with Gasteiger partial charge in [-0.1, -0.05) is 34.6 Å². The highest BCUT2D eigenvalue weighted by Crippen LogP contribution is 2.36. The Morgan fingerprint density at radius 3 is 1.45 bits per heavy atom. The molecule has 2 aliphatic heterocycles. The Hall–Kier alpha value is -4.34. The molecule has 280 valence electrons. The van der Waals surface area contributed by atoms with E-state index in [4.69, 9.17) is 22.3 Å². The minimum atomic E-state index is -1.00. The lowest BCUT2D eigenvalue weighted by molar-refractivity contribution is -0.128. The number of carboxylic acid groups (broad SMARTS) is 1. The summed E-state index contributed by atoms with van der Waals surface area (Å²) in [6.45, 7) is 16.1. The maximum absolute atomic E-state index is 12.9. The fourth-order valence-corrected chi connectivity index (χ4v) is 7.11. The van der Waals surface area contributed by atoms with E-state index in [1.807, 2.05) is 43.6 Å². The number of amidine groups is 2. The van der Waals surface area contributed by atoms with Crippen LogP contribution in [-0.2, 0) is 9.59 Å².